The number of halogens is 3. The van der Waals surface area contributed by atoms with E-state index < -0.39 is 36.4 Å². The summed E-state index contributed by atoms with van der Waals surface area (Å²) in [6, 6.07) is -1.68. The fraction of sp³-hybridized carbons (Fsp3) is 0.625. The van der Waals surface area contributed by atoms with Crippen LogP contribution in [0.4, 0.5) is 18.0 Å². The number of carbonyl (C=O) groups is 3. The third kappa shape index (κ3) is 3.87. The van der Waals surface area contributed by atoms with Crippen LogP contribution in [0.3, 0.4) is 0 Å². The van der Waals surface area contributed by atoms with E-state index in [0.717, 1.165) is 12.2 Å². The Hall–Kier alpha value is -1.84. The Bertz CT molecular complexity index is 357. The average Bonchev–Trinajstić information content (AvgIpc) is 2.14. The molecule has 0 aromatic heterocycles. The van der Waals surface area contributed by atoms with Gasteiger partial charge in [-0.2, -0.15) is 13.2 Å². The Morgan fingerprint density at radius 3 is 2.11 bits per heavy atom. The summed E-state index contributed by atoms with van der Waals surface area (Å²) in [5.41, 5.74) is -4.22. The van der Waals surface area contributed by atoms with Crippen LogP contribution in [0, 0.1) is 0 Å². The van der Waals surface area contributed by atoms with Crippen molar-refractivity contribution in [1.29, 1.82) is 0 Å². The summed E-state index contributed by atoms with van der Waals surface area (Å²) in [6.45, 7) is 1.63. The van der Waals surface area contributed by atoms with Crippen molar-refractivity contribution >= 4 is 17.9 Å². The standard InChI is InChI=1S/C8H11F3N2O5/c1-3-18-5(15)7(17,8(9,10)11)13-6(16)12-4(2)14/h17H,3H2,1-2H3,(H2,12,13,14,16). The highest BCUT2D eigenvalue weighted by molar-refractivity contribution is 5.95. The van der Waals surface area contributed by atoms with Gasteiger partial charge >= 0.3 is 23.9 Å². The molecule has 0 rings (SSSR count). The van der Waals surface area contributed by atoms with Crippen LogP contribution in [0.5, 0.6) is 0 Å². The number of esters is 1. The minimum atomic E-state index is -5.51. The minimum absolute atomic E-state index is 0.437. The summed E-state index contributed by atoms with van der Waals surface area (Å²) < 4.78 is 41.5. The van der Waals surface area contributed by atoms with E-state index >= 15 is 0 Å². The van der Waals surface area contributed by atoms with Gasteiger partial charge in [-0.05, 0) is 6.92 Å². The van der Waals surface area contributed by atoms with Crippen LogP contribution in [0.2, 0.25) is 0 Å². The lowest BCUT2D eigenvalue weighted by Crippen LogP contribution is -2.66. The van der Waals surface area contributed by atoms with Crippen molar-refractivity contribution in [2.24, 2.45) is 0 Å². The maximum atomic E-state index is 12.5. The summed E-state index contributed by atoms with van der Waals surface area (Å²) in [5.74, 6) is -3.07. The summed E-state index contributed by atoms with van der Waals surface area (Å²) in [7, 11) is 0. The van der Waals surface area contributed by atoms with Crippen molar-refractivity contribution in [3.8, 4) is 0 Å². The number of amides is 3. The zero-order valence-corrected chi connectivity index (χ0v) is 9.42. The van der Waals surface area contributed by atoms with Crippen LogP contribution in [-0.2, 0) is 14.3 Å². The predicted molar refractivity (Wildman–Crippen MR) is 50.0 cm³/mol. The molecular formula is C8H11F3N2O5. The quantitative estimate of drug-likeness (QED) is 0.481. The van der Waals surface area contributed by atoms with Crippen molar-refractivity contribution in [1.82, 2.24) is 10.6 Å². The number of ether oxygens (including phenoxy) is 1. The molecule has 0 aromatic carbocycles. The molecule has 0 saturated carbocycles. The molecule has 0 saturated heterocycles. The second kappa shape index (κ2) is 5.67. The van der Waals surface area contributed by atoms with Gasteiger partial charge in [0, 0.05) is 6.92 Å². The molecule has 0 heterocycles. The van der Waals surface area contributed by atoms with E-state index in [2.05, 4.69) is 4.74 Å². The molecule has 0 fully saturated rings. The number of hydrogen-bond donors (Lipinski definition) is 3. The van der Waals surface area contributed by atoms with E-state index in [9.17, 15) is 27.6 Å². The van der Waals surface area contributed by atoms with Crippen LogP contribution in [-0.4, -0.2) is 41.5 Å². The average molecular weight is 272 g/mol. The molecule has 0 aliphatic heterocycles. The molecule has 104 valence electrons. The molecule has 3 N–H and O–H groups in total. The van der Waals surface area contributed by atoms with Gasteiger partial charge in [-0.3, -0.25) is 15.4 Å². The van der Waals surface area contributed by atoms with Crippen molar-refractivity contribution < 1.29 is 37.4 Å². The lowest BCUT2D eigenvalue weighted by Gasteiger charge is -2.28. The third-order valence-electron chi connectivity index (χ3n) is 1.57. The van der Waals surface area contributed by atoms with Gasteiger partial charge in [0.2, 0.25) is 5.91 Å². The van der Waals surface area contributed by atoms with E-state index in [1.54, 1.807) is 0 Å². The number of aliphatic hydroxyl groups is 1. The second-order valence-corrected chi connectivity index (χ2v) is 3.06. The number of alkyl halides is 3. The van der Waals surface area contributed by atoms with Gasteiger partial charge in [-0.25, -0.2) is 9.59 Å². The zero-order chi connectivity index (χ0) is 14.6. The Balaban J connectivity index is 5.07. The van der Waals surface area contributed by atoms with Crippen molar-refractivity contribution in [2.45, 2.75) is 25.7 Å². The summed E-state index contributed by atoms with van der Waals surface area (Å²) in [4.78, 5) is 32.4. The highest BCUT2D eigenvalue weighted by Gasteiger charge is 2.62. The molecule has 0 radical (unpaired) electrons. The SMILES string of the molecule is CCOC(=O)C(O)(NC(=O)NC(C)=O)C(F)(F)F. The normalized spacial score (nSPS) is 14.3. The van der Waals surface area contributed by atoms with E-state index in [0.29, 0.717) is 0 Å². The number of rotatable bonds is 3. The predicted octanol–water partition coefficient (Wildman–Crippen LogP) is -0.354. The number of imide groups is 1. The van der Waals surface area contributed by atoms with Crippen LogP contribution in [0.25, 0.3) is 0 Å². The molecule has 0 aliphatic carbocycles. The first-order valence-electron chi connectivity index (χ1n) is 4.60. The number of hydrogen-bond acceptors (Lipinski definition) is 5. The van der Waals surface area contributed by atoms with Gasteiger partial charge in [0.15, 0.2) is 0 Å². The molecule has 1 unspecified atom stereocenters. The smallest absolute Gasteiger partial charge is 0.448 e. The molecule has 3 amide bonds. The zero-order valence-electron chi connectivity index (χ0n) is 9.42. The lowest BCUT2D eigenvalue weighted by molar-refractivity contribution is -0.268. The molecule has 0 aromatic rings. The second-order valence-electron chi connectivity index (χ2n) is 3.06. The van der Waals surface area contributed by atoms with E-state index in [1.807, 2.05) is 0 Å². The number of urea groups is 1. The Labute approximate surface area is 99.3 Å². The van der Waals surface area contributed by atoms with Crippen molar-refractivity contribution in [3.63, 3.8) is 0 Å². The summed E-state index contributed by atoms with van der Waals surface area (Å²) in [5, 5.41) is 11.5. The highest BCUT2D eigenvalue weighted by atomic mass is 19.4. The first kappa shape index (κ1) is 16.2. The Morgan fingerprint density at radius 1 is 1.28 bits per heavy atom. The number of carbonyl (C=O) groups excluding carboxylic acids is 3. The van der Waals surface area contributed by atoms with Crippen molar-refractivity contribution in [3.05, 3.63) is 0 Å². The van der Waals surface area contributed by atoms with Gasteiger partial charge in [0.25, 0.3) is 0 Å². The van der Waals surface area contributed by atoms with Gasteiger partial charge < -0.3 is 9.84 Å². The van der Waals surface area contributed by atoms with Crippen LogP contribution in [0.1, 0.15) is 13.8 Å². The monoisotopic (exact) mass is 272 g/mol. The first-order valence-corrected chi connectivity index (χ1v) is 4.60. The van der Waals surface area contributed by atoms with Crippen molar-refractivity contribution in [2.75, 3.05) is 6.61 Å². The molecule has 7 nitrogen and oxygen atoms in total. The molecular weight excluding hydrogens is 261 g/mol. The van der Waals surface area contributed by atoms with E-state index in [-0.39, 0.29) is 0 Å². The summed E-state index contributed by atoms with van der Waals surface area (Å²) in [6.07, 6.45) is -5.51. The molecule has 1 atom stereocenters. The van der Waals surface area contributed by atoms with E-state index in [1.165, 1.54) is 12.2 Å². The van der Waals surface area contributed by atoms with Gasteiger partial charge in [-0.1, -0.05) is 0 Å². The minimum Gasteiger partial charge on any atom is -0.462 e. The molecule has 0 aliphatic rings. The number of nitrogens with one attached hydrogen (secondary N) is 2. The van der Waals surface area contributed by atoms with Crippen LogP contribution < -0.4 is 10.6 Å². The van der Waals surface area contributed by atoms with Gasteiger partial charge in [-0.15, -0.1) is 0 Å². The Kier molecular flexibility index (Phi) is 5.09. The van der Waals surface area contributed by atoms with E-state index in [4.69, 9.17) is 5.11 Å². The molecule has 10 heteroatoms. The molecule has 0 bridgehead atoms. The third-order valence-corrected chi connectivity index (χ3v) is 1.57. The van der Waals surface area contributed by atoms with Gasteiger partial charge in [0.05, 0.1) is 6.61 Å². The van der Waals surface area contributed by atoms with Crippen LogP contribution in [0.15, 0.2) is 0 Å². The Morgan fingerprint density at radius 2 is 1.78 bits per heavy atom. The maximum absolute atomic E-state index is 12.5. The first-order chi connectivity index (χ1) is 8.04. The fourth-order valence-corrected chi connectivity index (χ4v) is 0.829. The maximum Gasteiger partial charge on any atom is 0.448 e. The van der Waals surface area contributed by atoms with Gasteiger partial charge in [0.1, 0.15) is 0 Å². The lowest BCUT2D eigenvalue weighted by atomic mass is 10.2. The molecule has 0 spiro atoms. The highest BCUT2D eigenvalue weighted by Crippen LogP contribution is 2.29. The largest absolute Gasteiger partial charge is 0.462 e. The molecule has 18 heavy (non-hydrogen) atoms. The summed E-state index contributed by atoms with van der Waals surface area (Å²) >= 11 is 0. The topological polar surface area (TPSA) is 105 Å². The van der Waals surface area contributed by atoms with Crippen LogP contribution >= 0.6 is 0 Å². The fourth-order valence-electron chi connectivity index (χ4n) is 0.829.